The van der Waals surface area contributed by atoms with Gasteiger partial charge in [0.1, 0.15) is 0 Å². The maximum Gasteiger partial charge on any atom is 0.247 e. The number of amides is 2. The van der Waals surface area contributed by atoms with E-state index < -0.39 is 0 Å². The Labute approximate surface area is 157 Å². The molecule has 3 heterocycles. The molecule has 1 aromatic carbocycles. The number of nitrogens with zero attached hydrogens (tertiary/aromatic N) is 2. The van der Waals surface area contributed by atoms with Crippen molar-refractivity contribution in [3.8, 4) is 17.2 Å². The number of ether oxygens (including phenoxy) is 2. The molecule has 27 heavy (non-hydrogen) atoms. The molecule has 0 bridgehead atoms. The molecule has 0 radical (unpaired) electrons. The Morgan fingerprint density at radius 1 is 1.19 bits per heavy atom. The fourth-order valence-electron chi connectivity index (χ4n) is 3.47. The third-order valence-electron chi connectivity index (χ3n) is 4.84. The molecule has 1 saturated heterocycles. The molecule has 140 valence electrons. The predicted octanol–water partition coefficient (Wildman–Crippen LogP) is 1.79. The molecule has 2 aliphatic heterocycles. The topological polar surface area (TPSA) is 72.8 Å². The number of benzene rings is 1. The van der Waals surface area contributed by atoms with E-state index in [1.165, 1.54) is 6.08 Å². The number of aryl methyl sites for hydroxylation is 1. The van der Waals surface area contributed by atoms with E-state index in [2.05, 4.69) is 9.88 Å². The van der Waals surface area contributed by atoms with Crippen LogP contribution in [0.3, 0.4) is 0 Å². The zero-order chi connectivity index (χ0) is 19.0. The molecule has 7 heteroatoms. The molecule has 4 rings (SSSR count). The molecule has 1 fully saturated rings. The maximum atomic E-state index is 12.3. The van der Waals surface area contributed by atoms with Gasteiger partial charge in [-0.15, -0.1) is 0 Å². The Hall–Kier alpha value is -3.22. The highest BCUT2D eigenvalue weighted by atomic mass is 16.7. The first kappa shape index (κ1) is 17.2. The van der Waals surface area contributed by atoms with Crippen molar-refractivity contribution < 1.29 is 19.1 Å². The molecule has 2 aromatic rings. The van der Waals surface area contributed by atoms with Gasteiger partial charge in [-0.2, -0.15) is 0 Å². The van der Waals surface area contributed by atoms with E-state index in [4.69, 9.17) is 9.47 Å². The second-order valence-corrected chi connectivity index (χ2v) is 6.64. The fourth-order valence-corrected chi connectivity index (χ4v) is 3.47. The summed E-state index contributed by atoms with van der Waals surface area (Å²) in [5.41, 5.74) is 4.01. The van der Waals surface area contributed by atoms with Crippen LogP contribution >= 0.6 is 0 Å². The highest BCUT2D eigenvalue weighted by Crippen LogP contribution is 2.35. The largest absolute Gasteiger partial charge is 0.454 e. The van der Waals surface area contributed by atoms with Crippen LogP contribution in [0.15, 0.2) is 30.3 Å². The van der Waals surface area contributed by atoms with Crippen LogP contribution in [-0.4, -0.2) is 47.7 Å². The minimum absolute atomic E-state index is 0.111. The van der Waals surface area contributed by atoms with Crippen LogP contribution in [0.1, 0.15) is 17.0 Å². The third-order valence-corrected chi connectivity index (χ3v) is 4.84. The third kappa shape index (κ3) is 3.28. The van der Waals surface area contributed by atoms with Crippen LogP contribution in [0.4, 0.5) is 0 Å². The van der Waals surface area contributed by atoms with Gasteiger partial charge in [-0.1, -0.05) is 0 Å². The number of aromatic nitrogens is 1. The summed E-state index contributed by atoms with van der Waals surface area (Å²) < 4.78 is 13.0. The van der Waals surface area contributed by atoms with Crippen molar-refractivity contribution in [2.24, 2.45) is 0 Å². The Balaban J connectivity index is 1.57. The van der Waals surface area contributed by atoms with Gasteiger partial charge in [0.05, 0.1) is 6.54 Å². The molecule has 0 spiro atoms. The Morgan fingerprint density at radius 2 is 2.00 bits per heavy atom. The van der Waals surface area contributed by atoms with E-state index in [0.29, 0.717) is 13.1 Å². The van der Waals surface area contributed by atoms with Crippen LogP contribution in [-0.2, 0) is 9.59 Å². The summed E-state index contributed by atoms with van der Waals surface area (Å²) in [4.78, 5) is 25.3. The minimum atomic E-state index is -0.155. The van der Waals surface area contributed by atoms with Gasteiger partial charge >= 0.3 is 0 Å². The first-order chi connectivity index (χ1) is 13.0. The number of carbonyl (C=O) groups excluding carboxylic acids is 2. The molecule has 2 amide bonds. The van der Waals surface area contributed by atoms with Crippen LogP contribution in [0, 0.1) is 13.8 Å². The molecule has 0 atom stereocenters. The van der Waals surface area contributed by atoms with E-state index >= 15 is 0 Å². The van der Waals surface area contributed by atoms with Crippen molar-refractivity contribution >= 4 is 17.9 Å². The van der Waals surface area contributed by atoms with Crippen LogP contribution < -0.4 is 14.8 Å². The smallest absolute Gasteiger partial charge is 0.247 e. The van der Waals surface area contributed by atoms with Gasteiger partial charge in [-0.3, -0.25) is 9.59 Å². The summed E-state index contributed by atoms with van der Waals surface area (Å²) >= 11 is 0. The quantitative estimate of drug-likeness (QED) is 0.840. The van der Waals surface area contributed by atoms with Crippen molar-refractivity contribution in [2.75, 3.05) is 26.4 Å². The summed E-state index contributed by atoms with van der Waals surface area (Å²) in [6, 6.07) is 7.87. The van der Waals surface area contributed by atoms with Gasteiger partial charge in [0.2, 0.25) is 18.6 Å². The molecule has 0 aliphatic carbocycles. The summed E-state index contributed by atoms with van der Waals surface area (Å²) in [6.07, 6.45) is 3.34. The Kier molecular flexibility index (Phi) is 4.35. The lowest BCUT2D eigenvalue weighted by Crippen LogP contribution is -2.49. The van der Waals surface area contributed by atoms with E-state index in [1.54, 1.807) is 11.0 Å². The first-order valence-corrected chi connectivity index (χ1v) is 8.85. The predicted molar refractivity (Wildman–Crippen MR) is 100.0 cm³/mol. The number of nitrogens with one attached hydrogen (secondary N) is 1. The molecule has 0 unspecified atom stereocenters. The minimum Gasteiger partial charge on any atom is -0.454 e. The lowest BCUT2D eigenvalue weighted by Gasteiger charge is -2.25. The van der Waals surface area contributed by atoms with E-state index in [9.17, 15) is 9.59 Å². The molecule has 0 saturated carbocycles. The normalized spacial score (nSPS) is 16.1. The van der Waals surface area contributed by atoms with Crippen molar-refractivity contribution in [3.63, 3.8) is 0 Å². The molecular weight excluding hydrogens is 346 g/mol. The average molecular weight is 367 g/mol. The van der Waals surface area contributed by atoms with Crippen molar-refractivity contribution in [2.45, 2.75) is 13.8 Å². The van der Waals surface area contributed by atoms with Gasteiger partial charge in [0, 0.05) is 42.3 Å². The summed E-state index contributed by atoms with van der Waals surface area (Å²) in [5.74, 6) is 1.20. The number of fused-ring (bicyclic) bond motifs is 1. The molecular formula is C20H21N3O4. The zero-order valence-electron chi connectivity index (χ0n) is 15.3. The fraction of sp³-hybridized carbons (Fsp3) is 0.300. The number of hydrogen-bond acceptors (Lipinski definition) is 4. The monoisotopic (exact) mass is 367 g/mol. The van der Waals surface area contributed by atoms with E-state index in [0.717, 1.165) is 34.1 Å². The zero-order valence-corrected chi connectivity index (χ0v) is 15.3. The highest BCUT2D eigenvalue weighted by molar-refractivity contribution is 5.95. The molecule has 7 nitrogen and oxygen atoms in total. The second-order valence-electron chi connectivity index (χ2n) is 6.64. The van der Waals surface area contributed by atoms with Crippen molar-refractivity contribution in [1.29, 1.82) is 0 Å². The SMILES string of the molecule is Cc1cc(/C=C/C(=O)N2CCNC(=O)C2)c(C)n1-c1ccc2c(c1)OCO2. The second kappa shape index (κ2) is 6.83. The average Bonchev–Trinajstić information content (AvgIpc) is 3.23. The number of carbonyl (C=O) groups is 2. The van der Waals surface area contributed by atoms with Crippen molar-refractivity contribution in [1.82, 2.24) is 14.8 Å². The lowest BCUT2D eigenvalue weighted by molar-refractivity contribution is -0.134. The standard InChI is InChI=1S/C20H21N3O4/c1-13-9-15(3-6-20(25)22-8-7-21-19(24)11-22)14(2)23(13)16-4-5-17-18(10-16)27-12-26-17/h3-6,9-10H,7-8,11-12H2,1-2H3,(H,21,24)/b6-3+. The van der Waals surface area contributed by atoms with Crippen LogP contribution in [0.5, 0.6) is 11.5 Å². The lowest BCUT2D eigenvalue weighted by atomic mass is 10.2. The van der Waals surface area contributed by atoms with Crippen LogP contribution in [0.25, 0.3) is 11.8 Å². The Morgan fingerprint density at radius 3 is 2.81 bits per heavy atom. The van der Waals surface area contributed by atoms with E-state index in [-0.39, 0.29) is 25.2 Å². The van der Waals surface area contributed by atoms with Gasteiger partial charge in [0.15, 0.2) is 11.5 Å². The molecule has 1 aromatic heterocycles. The first-order valence-electron chi connectivity index (χ1n) is 8.85. The number of rotatable bonds is 3. The highest BCUT2D eigenvalue weighted by Gasteiger charge is 2.20. The van der Waals surface area contributed by atoms with E-state index in [1.807, 2.05) is 38.1 Å². The summed E-state index contributed by atoms with van der Waals surface area (Å²) in [6.45, 7) is 5.41. The van der Waals surface area contributed by atoms with Crippen molar-refractivity contribution in [3.05, 3.63) is 47.3 Å². The van der Waals surface area contributed by atoms with Gasteiger partial charge < -0.3 is 24.3 Å². The van der Waals surface area contributed by atoms with Gasteiger partial charge in [0.25, 0.3) is 0 Å². The maximum absolute atomic E-state index is 12.3. The molecule has 2 aliphatic rings. The number of hydrogen-bond donors (Lipinski definition) is 1. The summed E-state index contributed by atoms with van der Waals surface area (Å²) in [7, 11) is 0. The molecule has 1 N–H and O–H groups in total. The Bertz CT molecular complexity index is 945. The number of piperazine rings is 1. The van der Waals surface area contributed by atoms with Gasteiger partial charge in [-0.25, -0.2) is 0 Å². The van der Waals surface area contributed by atoms with Crippen LogP contribution in [0.2, 0.25) is 0 Å². The summed E-state index contributed by atoms with van der Waals surface area (Å²) in [5, 5.41) is 2.72. The van der Waals surface area contributed by atoms with Gasteiger partial charge in [-0.05, 0) is 43.7 Å².